The maximum atomic E-state index is 6.37. The van der Waals surface area contributed by atoms with Crippen molar-refractivity contribution in [3.63, 3.8) is 0 Å². The van der Waals surface area contributed by atoms with Crippen LogP contribution in [0.5, 0.6) is 0 Å². The summed E-state index contributed by atoms with van der Waals surface area (Å²) in [4.78, 5) is 2.60. The molecule has 1 atom stereocenters. The monoisotopic (exact) mass is 365 g/mol. The van der Waals surface area contributed by atoms with Crippen LogP contribution >= 0.6 is 0 Å². The highest BCUT2D eigenvalue weighted by molar-refractivity contribution is 5.23. The molecule has 3 rings (SSSR count). The number of benzene rings is 2. The molecule has 1 aliphatic heterocycles. The van der Waals surface area contributed by atoms with Gasteiger partial charge in [-0.15, -0.1) is 0 Å². The van der Waals surface area contributed by atoms with E-state index in [0.717, 1.165) is 32.3 Å². The Balaban J connectivity index is 1.47. The summed E-state index contributed by atoms with van der Waals surface area (Å²) in [6.45, 7) is 6.75. The molecule has 0 radical (unpaired) electrons. The van der Waals surface area contributed by atoms with E-state index in [1.165, 1.54) is 55.6 Å². The third-order valence-electron chi connectivity index (χ3n) is 5.61. The number of aryl methyl sites for hydroxylation is 2. The molecule has 1 fully saturated rings. The second-order valence-electron chi connectivity index (χ2n) is 7.90. The predicted molar refractivity (Wildman–Crippen MR) is 114 cm³/mol. The Hall–Kier alpha value is -1.64. The van der Waals surface area contributed by atoms with Gasteiger partial charge in [-0.1, -0.05) is 66.6 Å². The third kappa shape index (κ3) is 7.12. The van der Waals surface area contributed by atoms with Crippen LogP contribution in [0, 0.1) is 6.92 Å². The molecule has 2 aromatic carbocycles. The summed E-state index contributed by atoms with van der Waals surface area (Å²) < 4.78 is 6.37. The molecular weight excluding hydrogens is 330 g/mol. The zero-order valence-corrected chi connectivity index (χ0v) is 16.9. The van der Waals surface area contributed by atoms with Crippen LogP contribution in [-0.4, -0.2) is 31.1 Å². The molecule has 27 heavy (non-hydrogen) atoms. The first-order valence-electron chi connectivity index (χ1n) is 10.8. The largest absolute Gasteiger partial charge is 0.373 e. The Labute approximate surface area is 165 Å². The number of nitrogens with zero attached hydrogens (tertiary/aromatic N) is 1. The number of ether oxygens (including phenoxy) is 1. The van der Waals surface area contributed by atoms with E-state index in [9.17, 15) is 0 Å². The first-order chi connectivity index (χ1) is 13.3. The smallest absolute Gasteiger partial charge is 0.0825 e. The molecule has 0 N–H and O–H groups in total. The van der Waals surface area contributed by atoms with Gasteiger partial charge >= 0.3 is 0 Å². The summed E-state index contributed by atoms with van der Waals surface area (Å²) in [6, 6.07) is 19.7. The zero-order chi connectivity index (χ0) is 18.7. The summed E-state index contributed by atoms with van der Waals surface area (Å²) in [5.74, 6) is 0. The minimum atomic E-state index is 0.218. The van der Waals surface area contributed by atoms with E-state index >= 15 is 0 Å². The van der Waals surface area contributed by atoms with Crippen LogP contribution in [0.3, 0.4) is 0 Å². The van der Waals surface area contributed by atoms with Crippen LogP contribution in [0.2, 0.25) is 0 Å². The molecule has 0 saturated carbocycles. The zero-order valence-electron chi connectivity index (χ0n) is 16.9. The van der Waals surface area contributed by atoms with E-state index in [4.69, 9.17) is 4.74 Å². The molecule has 2 heteroatoms. The highest BCUT2D eigenvalue weighted by atomic mass is 16.5. The lowest BCUT2D eigenvalue weighted by atomic mass is 10.0. The van der Waals surface area contributed by atoms with Gasteiger partial charge in [0.2, 0.25) is 0 Å². The van der Waals surface area contributed by atoms with Gasteiger partial charge in [0.25, 0.3) is 0 Å². The predicted octanol–water partition coefficient (Wildman–Crippen LogP) is 5.95. The molecular formula is C25H35NO. The molecule has 2 nitrogen and oxygen atoms in total. The van der Waals surface area contributed by atoms with Gasteiger partial charge in [-0.2, -0.15) is 0 Å². The van der Waals surface area contributed by atoms with Crippen LogP contribution in [-0.2, 0) is 11.2 Å². The van der Waals surface area contributed by atoms with Crippen molar-refractivity contribution in [1.82, 2.24) is 4.90 Å². The lowest BCUT2D eigenvalue weighted by Crippen LogP contribution is -2.31. The molecule has 0 spiro atoms. The second kappa shape index (κ2) is 11.3. The summed E-state index contributed by atoms with van der Waals surface area (Å²) in [7, 11) is 0. The lowest BCUT2D eigenvalue weighted by molar-refractivity contribution is 0.0382. The third-order valence-corrected chi connectivity index (χ3v) is 5.61. The Kier molecular flexibility index (Phi) is 8.38. The summed E-state index contributed by atoms with van der Waals surface area (Å²) in [6.07, 6.45) is 8.87. The van der Waals surface area contributed by atoms with Crippen LogP contribution < -0.4 is 0 Å². The quantitative estimate of drug-likeness (QED) is 0.482. The molecule has 1 unspecified atom stereocenters. The van der Waals surface area contributed by atoms with Crippen molar-refractivity contribution in [2.75, 3.05) is 26.2 Å². The van der Waals surface area contributed by atoms with Crippen LogP contribution in [0.4, 0.5) is 0 Å². The highest BCUT2D eigenvalue weighted by Gasteiger charge is 2.13. The van der Waals surface area contributed by atoms with Crippen molar-refractivity contribution in [2.24, 2.45) is 0 Å². The van der Waals surface area contributed by atoms with Crippen molar-refractivity contribution in [3.8, 4) is 0 Å². The number of hydrogen-bond donors (Lipinski definition) is 0. The topological polar surface area (TPSA) is 12.5 Å². The maximum absolute atomic E-state index is 6.37. The highest BCUT2D eigenvalue weighted by Crippen LogP contribution is 2.24. The van der Waals surface area contributed by atoms with Gasteiger partial charge in [-0.05, 0) is 69.7 Å². The van der Waals surface area contributed by atoms with Crippen molar-refractivity contribution in [2.45, 2.75) is 58.0 Å². The average Bonchev–Trinajstić information content (AvgIpc) is 2.72. The molecule has 0 amide bonds. The van der Waals surface area contributed by atoms with Crippen LogP contribution in [0.25, 0.3) is 0 Å². The van der Waals surface area contributed by atoms with Gasteiger partial charge in [0.05, 0.1) is 6.10 Å². The van der Waals surface area contributed by atoms with E-state index in [1.54, 1.807) is 0 Å². The standard InChI is InChI=1S/C25H35NO/c1-22-14-16-24(17-15-22)25(13-8-12-23-10-4-2-5-11-23)27-21-9-20-26-18-6-3-7-19-26/h2,4-5,10-11,14-17,25H,3,6-9,12-13,18-21H2,1H3. The molecule has 1 saturated heterocycles. The minimum Gasteiger partial charge on any atom is -0.373 e. The van der Waals surface area contributed by atoms with E-state index in [-0.39, 0.29) is 6.10 Å². The summed E-state index contributed by atoms with van der Waals surface area (Å²) in [5.41, 5.74) is 4.06. The molecule has 1 aliphatic rings. The van der Waals surface area contributed by atoms with Gasteiger partial charge in [0.15, 0.2) is 0 Å². The van der Waals surface area contributed by atoms with E-state index in [1.807, 2.05) is 0 Å². The van der Waals surface area contributed by atoms with E-state index in [2.05, 4.69) is 66.4 Å². The lowest BCUT2D eigenvalue weighted by Gasteiger charge is -2.26. The number of hydrogen-bond acceptors (Lipinski definition) is 2. The number of rotatable bonds is 10. The SMILES string of the molecule is Cc1ccc(C(CCCc2ccccc2)OCCCN2CCCCC2)cc1. The summed E-state index contributed by atoms with van der Waals surface area (Å²) >= 11 is 0. The molecule has 0 bridgehead atoms. The van der Waals surface area contributed by atoms with Crippen molar-refractivity contribution < 1.29 is 4.74 Å². The first kappa shape index (κ1) is 20.1. The van der Waals surface area contributed by atoms with Crippen LogP contribution in [0.1, 0.15) is 61.3 Å². The Morgan fingerprint density at radius 3 is 2.37 bits per heavy atom. The number of piperidine rings is 1. The molecule has 146 valence electrons. The van der Waals surface area contributed by atoms with E-state index < -0.39 is 0 Å². The van der Waals surface area contributed by atoms with Gasteiger partial charge in [-0.25, -0.2) is 0 Å². The molecule has 1 heterocycles. The fourth-order valence-corrected chi connectivity index (χ4v) is 3.96. The fraction of sp³-hybridized carbons (Fsp3) is 0.520. The minimum absolute atomic E-state index is 0.218. The number of likely N-dealkylation sites (tertiary alicyclic amines) is 1. The second-order valence-corrected chi connectivity index (χ2v) is 7.90. The molecule has 0 aromatic heterocycles. The normalized spacial score (nSPS) is 16.3. The van der Waals surface area contributed by atoms with Crippen molar-refractivity contribution >= 4 is 0 Å². The average molecular weight is 366 g/mol. The molecule has 2 aromatic rings. The van der Waals surface area contributed by atoms with E-state index in [0.29, 0.717) is 0 Å². The van der Waals surface area contributed by atoms with Gasteiger partial charge in [0, 0.05) is 13.2 Å². The summed E-state index contributed by atoms with van der Waals surface area (Å²) in [5, 5.41) is 0. The van der Waals surface area contributed by atoms with Gasteiger partial charge in [-0.3, -0.25) is 0 Å². The fourth-order valence-electron chi connectivity index (χ4n) is 3.96. The van der Waals surface area contributed by atoms with Gasteiger partial charge < -0.3 is 9.64 Å². The van der Waals surface area contributed by atoms with Gasteiger partial charge in [0.1, 0.15) is 0 Å². The molecule has 0 aliphatic carbocycles. The Morgan fingerprint density at radius 1 is 0.889 bits per heavy atom. The Bertz CT molecular complexity index is 631. The Morgan fingerprint density at radius 2 is 1.63 bits per heavy atom. The van der Waals surface area contributed by atoms with Crippen molar-refractivity contribution in [1.29, 1.82) is 0 Å². The van der Waals surface area contributed by atoms with Crippen molar-refractivity contribution in [3.05, 3.63) is 71.3 Å². The van der Waals surface area contributed by atoms with Crippen LogP contribution in [0.15, 0.2) is 54.6 Å². The maximum Gasteiger partial charge on any atom is 0.0825 e. The first-order valence-corrected chi connectivity index (χ1v) is 10.8.